The second-order valence-corrected chi connectivity index (χ2v) is 10.4. The fourth-order valence-corrected chi connectivity index (χ4v) is 4.06. The summed E-state index contributed by atoms with van der Waals surface area (Å²) in [5, 5.41) is 7.23. The average Bonchev–Trinajstić information content (AvgIpc) is 3.14. The van der Waals surface area contributed by atoms with Crippen molar-refractivity contribution in [3.8, 4) is 0 Å². The molecule has 0 spiro atoms. The molecule has 9 nitrogen and oxygen atoms in total. The third-order valence-corrected chi connectivity index (χ3v) is 5.87. The van der Waals surface area contributed by atoms with E-state index in [9.17, 15) is 14.4 Å². The van der Waals surface area contributed by atoms with Gasteiger partial charge in [-0.25, -0.2) is 4.79 Å². The molecule has 0 radical (unpaired) electrons. The molecule has 3 rings (SSSR count). The molecular weight excluding hydrogens is 551 g/mol. The van der Waals surface area contributed by atoms with Gasteiger partial charge in [0.1, 0.15) is 18.2 Å². The van der Waals surface area contributed by atoms with Gasteiger partial charge in [0.25, 0.3) is 0 Å². The van der Waals surface area contributed by atoms with Crippen LogP contribution in [0.25, 0.3) is 0 Å². The van der Waals surface area contributed by atoms with Crippen LogP contribution in [0.15, 0.2) is 30.5 Å². The number of carbonyl (C=O) groups excluding carboxylic acids is 3. The van der Waals surface area contributed by atoms with E-state index in [-0.39, 0.29) is 18.4 Å². The fraction of sp³-hybridized carbons (Fsp3) is 0.500. The molecule has 1 aliphatic heterocycles. The van der Waals surface area contributed by atoms with E-state index in [4.69, 9.17) is 9.47 Å². The number of rotatable bonds is 7. The van der Waals surface area contributed by atoms with Gasteiger partial charge in [0.2, 0.25) is 5.91 Å². The van der Waals surface area contributed by atoms with Crippen LogP contribution in [0.1, 0.15) is 44.5 Å². The third kappa shape index (κ3) is 7.44. The Labute approximate surface area is 213 Å². The second-order valence-electron chi connectivity index (χ2n) is 9.14. The standard InChI is InChI=1S/C24H31IN4O5/c1-5-33-21(30)15-29-14-17-13-28(11-10-19(17)27-29)22(31)20(26-23(32)34-24(2,3)4)12-16-6-8-18(25)9-7-16/h6-9,14,20H,5,10-13,15H2,1-4H3,(H,26,32)/t20-/m0/s1. The van der Waals surface area contributed by atoms with E-state index in [0.29, 0.717) is 32.5 Å². The first kappa shape index (κ1) is 26.0. The molecule has 1 aromatic heterocycles. The topological polar surface area (TPSA) is 103 Å². The lowest BCUT2D eigenvalue weighted by Crippen LogP contribution is -2.51. The van der Waals surface area contributed by atoms with Crippen LogP contribution in [0.4, 0.5) is 4.79 Å². The van der Waals surface area contributed by atoms with Gasteiger partial charge in [-0.05, 0) is 68.0 Å². The smallest absolute Gasteiger partial charge is 0.408 e. The maximum absolute atomic E-state index is 13.5. The average molecular weight is 582 g/mol. The molecule has 0 aliphatic carbocycles. The van der Waals surface area contributed by atoms with Gasteiger partial charge in [0.15, 0.2) is 0 Å². The van der Waals surface area contributed by atoms with Crippen molar-refractivity contribution in [1.29, 1.82) is 0 Å². The lowest BCUT2D eigenvalue weighted by atomic mass is 10.0. The predicted molar refractivity (Wildman–Crippen MR) is 134 cm³/mol. The third-order valence-electron chi connectivity index (χ3n) is 5.15. The summed E-state index contributed by atoms with van der Waals surface area (Å²) in [4.78, 5) is 39.5. The predicted octanol–water partition coefficient (Wildman–Crippen LogP) is 3.07. The Hall–Kier alpha value is -2.63. The Morgan fingerprint density at radius 2 is 1.91 bits per heavy atom. The highest BCUT2D eigenvalue weighted by Gasteiger charge is 2.31. The molecule has 2 amide bonds. The Morgan fingerprint density at radius 1 is 1.21 bits per heavy atom. The van der Waals surface area contributed by atoms with Gasteiger partial charge >= 0.3 is 12.1 Å². The van der Waals surface area contributed by atoms with Crippen LogP contribution in [-0.2, 0) is 45.0 Å². The number of alkyl carbamates (subject to hydrolysis) is 1. The van der Waals surface area contributed by atoms with Gasteiger partial charge in [-0.3, -0.25) is 14.3 Å². The number of halogens is 1. The molecule has 34 heavy (non-hydrogen) atoms. The Bertz CT molecular complexity index is 1030. The number of nitrogens with zero attached hydrogens (tertiary/aromatic N) is 3. The van der Waals surface area contributed by atoms with Crippen molar-refractivity contribution in [3.63, 3.8) is 0 Å². The summed E-state index contributed by atoms with van der Waals surface area (Å²) in [5.74, 6) is -0.539. The van der Waals surface area contributed by atoms with Crippen LogP contribution < -0.4 is 5.32 Å². The number of aromatic nitrogens is 2. The van der Waals surface area contributed by atoms with E-state index >= 15 is 0 Å². The first-order valence-corrected chi connectivity index (χ1v) is 12.4. The lowest BCUT2D eigenvalue weighted by Gasteiger charge is -2.31. The molecule has 2 aromatic rings. The Balaban J connectivity index is 1.73. The highest BCUT2D eigenvalue weighted by atomic mass is 127. The number of amides is 2. The lowest BCUT2D eigenvalue weighted by molar-refractivity contribution is -0.144. The van der Waals surface area contributed by atoms with Gasteiger partial charge in [-0.1, -0.05) is 12.1 Å². The maximum Gasteiger partial charge on any atom is 0.408 e. The van der Waals surface area contributed by atoms with E-state index in [1.54, 1.807) is 43.5 Å². The number of benzene rings is 1. The van der Waals surface area contributed by atoms with Crippen LogP contribution >= 0.6 is 22.6 Å². The summed E-state index contributed by atoms with van der Waals surface area (Å²) in [7, 11) is 0. The van der Waals surface area contributed by atoms with Crippen LogP contribution in [-0.4, -0.2) is 57.4 Å². The van der Waals surface area contributed by atoms with Gasteiger partial charge < -0.3 is 19.7 Å². The minimum Gasteiger partial charge on any atom is -0.465 e. The second kappa shape index (κ2) is 11.2. The summed E-state index contributed by atoms with van der Waals surface area (Å²) in [6.07, 6.45) is 2.07. The van der Waals surface area contributed by atoms with Crippen molar-refractivity contribution in [2.24, 2.45) is 0 Å². The van der Waals surface area contributed by atoms with Gasteiger partial charge in [-0.15, -0.1) is 0 Å². The van der Waals surface area contributed by atoms with Crippen molar-refractivity contribution < 1.29 is 23.9 Å². The molecule has 10 heteroatoms. The van der Waals surface area contributed by atoms with E-state index in [1.165, 1.54) is 0 Å². The van der Waals surface area contributed by atoms with Gasteiger partial charge in [0, 0.05) is 41.3 Å². The number of nitrogens with one attached hydrogen (secondary N) is 1. The fourth-order valence-electron chi connectivity index (χ4n) is 3.71. The van der Waals surface area contributed by atoms with Crippen LogP contribution in [0, 0.1) is 3.57 Å². The molecule has 0 fully saturated rings. The Kier molecular flexibility index (Phi) is 8.56. The molecule has 1 aromatic carbocycles. The summed E-state index contributed by atoms with van der Waals surface area (Å²) in [6.45, 7) is 8.28. The minimum atomic E-state index is -0.772. The van der Waals surface area contributed by atoms with Crippen molar-refractivity contribution in [1.82, 2.24) is 20.0 Å². The van der Waals surface area contributed by atoms with Crippen molar-refractivity contribution >= 4 is 40.6 Å². The number of ether oxygens (including phenoxy) is 2. The quantitative estimate of drug-likeness (QED) is 0.398. The number of hydrogen-bond acceptors (Lipinski definition) is 6. The molecule has 2 heterocycles. The normalized spacial score (nSPS) is 14.2. The first-order valence-electron chi connectivity index (χ1n) is 11.3. The molecule has 1 atom stereocenters. The molecular formula is C24H31IN4O5. The van der Waals surface area contributed by atoms with Crippen LogP contribution in [0.2, 0.25) is 0 Å². The van der Waals surface area contributed by atoms with Crippen LogP contribution in [0.3, 0.4) is 0 Å². The highest BCUT2D eigenvalue weighted by molar-refractivity contribution is 14.1. The zero-order chi connectivity index (χ0) is 24.9. The van der Waals surface area contributed by atoms with E-state index in [1.807, 2.05) is 24.3 Å². The van der Waals surface area contributed by atoms with Gasteiger partial charge in [0.05, 0.1) is 12.3 Å². The molecule has 0 saturated heterocycles. The largest absolute Gasteiger partial charge is 0.465 e. The number of esters is 1. The van der Waals surface area contributed by atoms with Crippen molar-refractivity contribution in [3.05, 3.63) is 50.9 Å². The summed E-state index contributed by atoms with van der Waals surface area (Å²) >= 11 is 2.23. The van der Waals surface area contributed by atoms with Crippen LogP contribution in [0.5, 0.6) is 0 Å². The molecule has 1 aliphatic rings. The van der Waals surface area contributed by atoms with Gasteiger partial charge in [-0.2, -0.15) is 5.10 Å². The van der Waals surface area contributed by atoms with Crippen molar-refractivity contribution in [2.45, 2.75) is 65.3 Å². The van der Waals surface area contributed by atoms with E-state index < -0.39 is 17.7 Å². The minimum absolute atomic E-state index is 0.0322. The maximum atomic E-state index is 13.5. The molecule has 0 unspecified atom stereocenters. The molecule has 0 saturated carbocycles. The van der Waals surface area contributed by atoms with Crippen molar-refractivity contribution in [2.75, 3.05) is 13.2 Å². The monoisotopic (exact) mass is 582 g/mol. The number of fused-ring (bicyclic) bond motifs is 1. The SMILES string of the molecule is CCOC(=O)Cn1cc2c(n1)CCN(C(=O)[C@H](Cc1ccc(I)cc1)NC(=O)OC(C)(C)C)C2. The zero-order valence-electron chi connectivity index (χ0n) is 20.0. The Morgan fingerprint density at radius 3 is 2.56 bits per heavy atom. The first-order chi connectivity index (χ1) is 16.0. The molecule has 0 bridgehead atoms. The molecule has 1 N–H and O–H groups in total. The summed E-state index contributed by atoms with van der Waals surface area (Å²) in [6, 6.07) is 7.07. The van der Waals surface area contributed by atoms with E-state index in [0.717, 1.165) is 20.4 Å². The highest BCUT2D eigenvalue weighted by Crippen LogP contribution is 2.20. The number of carbonyl (C=O) groups is 3. The summed E-state index contributed by atoms with van der Waals surface area (Å²) in [5.41, 5.74) is 2.01. The van der Waals surface area contributed by atoms with E-state index in [2.05, 4.69) is 33.0 Å². The molecule has 184 valence electrons. The summed E-state index contributed by atoms with van der Waals surface area (Å²) < 4.78 is 13.0. The zero-order valence-corrected chi connectivity index (χ0v) is 22.1. The number of hydrogen-bond donors (Lipinski definition) is 1.